The minimum atomic E-state index is -0.500. The summed E-state index contributed by atoms with van der Waals surface area (Å²) in [6.45, 7) is 0.0166. The molecule has 2 aromatic carbocycles. The van der Waals surface area contributed by atoms with Gasteiger partial charge in [0.15, 0.2) is 0 Å². The van der Waals surface area contributed by atoms with E-state index in [2.05, 4.69) is 15.9 Å². The first kappa shape index (κ1) is 13.9. The third kappa shape index (κ3) is 3.25. The molecule has 0 N–H and O–H groups in total. The van der Waals surface area contributed by atoms with Crippen LogP contribution in [0, 0.1) is 17.1 Å². The Morgan fingerprint density at radius 3 is 2.84 bits per heavy atom. The van der Waals surface area contributed by atoms with E-state index < -0.39 is 5.82 Å². The molecule has 0 unspecified atom stereocenters. The molecule has 0 fully saturated rings. The summed E-state index contributed by atoms with van der Waals surface area (Å²) in [5, 5.41) is 9.05. The van der Waals surface area contributed by atoms with Gasteiger partial charge in [-0.1, -0.05) is 39.7 Å². The highest BCUT2D eigenvalue weighted by Crippen LogP contribution is 2.24. The number of nitriles is 1. The molecule has 0 aliphatic heterocycles. The second-order valence-electron chi connectivity index (χ2n) is 3.75. The number of benzene rings is 2. The van der Waals surface area contributed by atoms with Gasteiger partial charge in [-0.25, -0.2) is 4.39 Å². The lowest BCUT2D eigenvalue weighted by atomic mass is 10.2. The van der Waals surface area contributed by atoms with E-state index in [1.807, 2.05) is 6.07 Å². The minimum absolute atomic E-state index is 0.0166. The Balaban J connectivity index is 2.20. The summed E-state index contributed by atoms with van der Waals surface area (Å²) in [6, 6.07) is 11.8. The van der Waals surface area contributed by atoms with Crippen LogP contribution in [0.1, 0.15) is 11.1 Å². The number of rotatable bonds is 3. The molecule has 0 saturated carbocycles. The fraction of sp³-hybridized carbons (Fsp3) is 0.0714. The average molecular weight is 341 g/mol. The minimum Gasteiger partial charge on any atom is -0.487 e. The molecule has 0 aliphatic carbocycles. The summed E-state index contributed by atoms with van der Waals surface area (Å²) in [5.41, 5.74) is 0.733. The van der Waals surface area contributed by atoms with E-state index in [9.17, 15) is 4.39 Å². The Labute approximate surface area is 123 Å². The van der Waals surface area contributed by atoms with E-state index >= 15 is 0 Å². The molecule has 0 bridgehead atoms. The Kier molecular flexibility index (Phi) is 4.41. The monoisotopic (exact) mass is 339 g/mol. The van der Waals surface area contributed by atoms with Gasteiger partial charge in [0.25, 0.3) is 0 Å². The molecule has 2 aromatic rings. The molecule has 0 radical (unpaired) electrons. The van der Waals surface area contributed by atoms with Gasteiger partial charge in [0, 0.05) is 10.0 Å². The maximum absolute atomic E-state index is 13.7. The fourth-order valence-electron chi connectivity index (χ4n) is 1.53. The molecule has 0 atom stereocenters. The van der Waals surface area contributed by atoms with Crippen molar-refractivity contribution in [2.75, 3.05) is 0 Å². The van der Waals surface area contributed by atoms with Crippen LogP contribution in [-0.2, 0) is 6.61 Å². The Morgan fingerprint density at radius 2 is 2.11 bits per heavy atom. The quantitative estimate of drug-likeness (QED) is 0.812. The predicted octanol–water partition coefficient (Wildman–Crippen LogP) is 4.69. The average Bonchev–Trinajstić information content (AvgIpc) is 2.41. The number of ether oxygens (including phenoxy) is 1. The van der Waals surface area contributed by atoms with Gasteiger partial charge in [0.05, 0.1) is 10.6 Å². The molecule has 0 aromatic heterocycles. The predicted molar refractivity (Wildman–Crippen MR) is 74.6 cm³/mol. The number of hydrogen-bond donors (Lipinski definition) is 0. The lowest BCUT2D eigenvalue weighted by molar-refractivity contribution is 0.299. The van der Waals surface area contributed by atoms with E-state index in [0.717, 1.165) is 4.47 Å². The van der Waals surface area contributed by atoms with Crippen LogP contribution in [0.15, 0.2) is 40.9 Å². The van der Waals surface area contributed by atoms with Crippen molar-refractivity contribution in [1.82, 2.24) is 0 Å². The smallest absolute Gasteiger partial charge is 0.148 e. The first-order valence-corrected chi connectivity index (χ1v) is 6.54. The van der Waals surface area contributed by atoms with Gasteiger partial charge in [-0.15, -0.1) is 0 Å². The van der Waals surface area contributed by atoms with Crippen LogP contribution in [-0.4, -0.2) is 0 Å². The zero-order valence-corrected chi connectivity index (χ0v) is 12.0. The maximum atomic E-state index is 13.7. The largest absolute Gasteiger partial charge is 0.487 e. The van der Waals surface area contributed by atoms with Gasteiger partial charge >= 0.3 is 0 Å². The lowest BCUT2D eigenvalue weighted by Gasteiger charge is -2.09. The van der Waals surface area contributed by atoms with E-state index in [0.29, 0.717) is 16.9 Å². The molecule has 0 heterocycles. The molecule has 0 amide bonds. The van der Waals surface area contributed by atoms with Crippen molar-refractivity contribution in [3.63, 3.8) is 0 Å². The first-order chi connectivity index (χ1) is 9.11. The summed E-state index contributed by atoms with van der Waals surface area (Å²) < 4.78 is 19.9. The zero-order valence-electron chi connectivity index (χ0n) is 9.66. The highest BCUT2D eigenvalue weighted by atomic mass is 79.9. The van der Waals surface area contributed by atoms with Gasteiger partial charge < -0.3 is 4.74 Å². The summed E-state index contributed by atoms with van der Waals surface area (Å²) in [6.07, 6.45) is 0. The van der Waals surface area contributed by atoms with Crippen LogP contribution in [0.2, 0.25) is 5.02 Å². The highest BCUT2D eigenvalue weighted by molar-refractivity contribution is 9.10. The Hall–Kier alpha value is -1.57. The van der Waals surface area contributed by atoms with Crippen LogP contribution in [0.3, 0.4) is 0 Å². The molecule has 96 valence electrons. The Morgan fingerprint density at radius 1 is 1.32 bits per heavy atom. The van der Waals surface area contributed by atoms with E-state index in [1.165, 1.54) is 6.07 Å². The summed E-state index contributed by atoms with van der Waals surface area (Å²) >= 11 is 8.96. The molecule has 19 heavy (non-hydrogen) atoms. The van der Waals surface area contributed by atoms with Crippen molar-refractivity contribution in [2.24, 2.45) is 0 Å². The van der Waals surface area contributed by atoms with Crippen molar-refractivity contribution >= 4 is 27.5 Å². The number of hydrogen-bond acceptors (Lipinski definition) is 2. The van der Waals surface area contributed by atoms with Gasteiger partial charge in [-0.05, 0) is 24.3 Å². The normalized spacial score (nSPS) is 10.0. The van der Waals surface area contributed by atoms with Crippen LogP contribution in [0.4, 0.5) is 4.39 Å². The van der Waals surface area contributed by atoms with Crippen LogP contribution in [0.5, 0.6) is 5.75 Å². The maximum Gasteiger partial charge on any atom is 0.148 e. The zero-order chi connectivity index (χ0) is 13.8. The molecule has 0 spiro atoms. The SMILES string of the molecule is N#Cc1cc(Br)ccc1OCc1cccc(Cl)c1F. The summed E-state index contributed by atoms with van der Waals surface area (Å²) in [5.74, 6) is -0.0927. The molecular weight excluding hydrogens is 333 g/mol. The molecule has 2 nitrogen and oxygen atoms in total. The van der Waals surface area contributed by atoms with Gasteiger partial charge in [-0.3, -0.25) is 0 Å². The third-order valence-electron chi connectivity index (χ3n) is 2.48. The molecule has 5 heteroatoms. The van der Waals surface area contributed by atoms with Gasteiger partial charge in [0.2, 0.25) is 0 Å². The molecule has 0 aliphatic rings. The summed E-state index contributed by atoms with van der Waals surface area (Å²) in [4.78, 5) is 0. The second-order valence-corrected chi connectivity index (χ2v) is 5.08. The highest BCUT2D eigenvalue weighted by Gasteiger charge is 2.09. The van der Waals surface area contributed by atoms with Gasteiger partial charge in [-0.2, -0.15) is 5.26 Å². The topological polar surface area (TPSA) is 33.0 Å². The molecule has 0 saturated heterocycles. The second kappa shape index (κ2) is 6.05. The van der Waals surface area contributed by atoms with Crippen molar-refractivity contribution in [1.29, 1.82) is 5.26 Å². The van der Waals surface area contributed by atoms with Gasteiger partial charge in [0.1, 0.15) is 24.2 Å². The third-order valence-corrected chi connectivity index (χ3v) is 3.26. The van der Waals surface area contributed by atoms with E-state index in [-0.39, 0.29) is 11.6 Å². The molecular formula is C14H8BrClFNO. The standard InChI is InChI=1S/C14H8BrClFNO/c15-11-4-5-13(10(6-11)7-18)19-8-9-2-1-3-12(16)14(9)17/h1-6H,8H2. The summed E-state index contributed by atoms with van der Waals surface area (Å²) in [7, 11) is 0. The Bertz CT molecular complexity index is 654. The van der Waals surface area contributed by atoms with Crippen molar-refractivity contribution < 1.29 is 9.13 Å². The number of nitrogens with zero attached hydrogens (tertiary/aromatic N) is 1. The number of halogens is 3. The molecule has 2 rings (SSSR count). The van der Waals surface area contributed by atoms with Crippen molar-refractivity contribution in [2.45, 2.75) is 6.61 Å². The van der Waals surface area contributed by atoms with E-state index in [1.54, 1.807) is 30.3 Å². The van der Waals surface area contributed by atoms with Crippen molar-refractivity contribution in [3.05, 3.63) is 62.8 Å². The van der Waals surface area contributed by atoms with Crippen molar-refractivity contribution in [3.8, 4) is 11.8 Å². The van der Waals surface area contributed by atoms with Crippen LogP contribution in [0.25, 0.3) is 0 Å². The van der Waals surface area contributed by atoms with E-state index in [4.69, 9.17) is 21.6 Å². The fourth-order valence-corrected chi connectivity index (χ4v) is 2.09. The van der Waals surface area contributed by atoms with Crippen LogP contribution < -0.4 is 4.74 Å². The van der Waals surface area contributed by atoms with Crippen LogP contribution >= 0.6 is 27.5 Å². The first-order valence-electron chi connectivity index (χ1n) is 5.37. The lowest BCUT2D eigenvalue weighted by Crippen LogP contribution is -2.00.